The third kappa shape index (κ3) is 2.99. The zero-order valence-corrected chi connectivity index (χ0v) is 11.9. The zero-order valence-electron chi connectivity index (χ0n) is 11.9. The minimum Gasteiger partial charge on any atom is -0.491 e. The molecule has 21 heavy (non-hydrogen) atoms. The monoisotopic (exact) mass is 281 g/mol. The lowest BCUT2D eigenvalue weighted by Gasteiger charge is -2.24. The summed E-state index contributed by atoms with van der Waals surface area (Å²) in [6.45, 7) is 2.50. The molecule has 3 rings (SSSR count). The predicted molar refractivity (Wildman–Crippen MR) is 85.1 cm³/mol. The highest BCUT2D eigenvalue weighted by Crippen LogP contribution is 2.31. The summed E-state index contributed by atoms with van der Waals surface area (Å²) in [4.78, 5) is 2.32. The number of amidine groups is 1. The number of ether oxygens (including phenoxy) is 1. The maximum Gasteiger partial charge on any atom is 0.142 e. The molecule has 4 heteroatoms. The lowest BCUT2D eigenvalue weighted by molar-refractivity contribution is 0.322. The Morgan fingerprint density at radius 2 is 2.05 bits per heavy atom. The van der Waals surface area contributed by atoms with Crippen molar-refractivity contribution in [1.29, 1.82) is 5.41 Å². The molecule has 4 nitrogen and oxygen atoms in total. The molecule has 2 aromatic rings. The molecule has 0 radical (unpaired) electrons. The molecule has 0 aliphatic carbocycles. The van der Waals surface area contributed by atoms with Gasteiger partial charge in [-0.2, -0.15) is 0 Å². The van der Waals surface area contributed by atoms with Crippen LogP contribution in [0.4, 0.5) is 5.69 Å². The van der Waals surface area contributed by atoms with E-state index in [0.717, 1.165) is 48.7 Å². The Morgan fingerprint density at radius 1 is 1.19 bits per heavy atom. The van der Waals surface area contributed by atoms with E-state index >= 15 is 0 Å². The average Bonchev–Trinajstić information content (AvgIpc) is 2.70. The van der Waals surface area contributed by atoms with E-state index in [0.29, 0.717) is 0 Å². The Bertz CT molecular complexity index is 654. The number of nitrogen functional groups attached to an aromatic ring is 1. The second-order valence-corrected chi connectivity index (χ2v) is 5.21. The Kier molecular flexibility index (Phi) is 3.77. The van der Waals surface area contributed by atoms with E-state index in [1.54, 1.807) is 0 Å². The van der Waals surface area contributed by atoms with Crippen molar-refractivity contribution in [1.82, 2.24) is 0 Å². The number of hydrogen-bond donors (Lipinski definition) is 2. The number of nitrogens with one attached hydrogen (secondary N) is 1. The number of hydrogen-bond acceptors (Lipinski definition) is 3. The molecule has 0 saturated heterocycles. The van der Waals surface area contributed by atoms with Crippen LogP contribution in [-0.2, 0) is 6.54 Å². The van der Waals surface area contributed by atoms with Crippen LogP contribution in [0.5, 0.6) is 5.75 Å². The average molecular weight is 281 g/mol. The fourth-order valence-electron chi connectivity index (χ4n) is 2.62. The highest BCUT2D eigenvalue weighted by molar-refractivity contribution is 5.95. The molecule has 3 N–H and O–H groups in total. The number of fused-ring (bicyclic) bond motifs is 1. The molecule has 0 saturated carbocycles. The molecule has 0 spiro atoms. The molecule has 1 aliphatic rings. The van der Waals surface area contributed by atoms with E-state index in [4.69, 9.17) is 15.9 Å². The van der Waals surface area contributed by atoms with Gasteiger partial charge in [-0.1, -0.05) is 30.3 Å². The number of benzene rings is 2. The maximum absolute atomic E-state index is 7.55. The van der Waals surface area contributed by atoms with Gasteiger partial charge in [-0.05, 0) is 30.2 Å². The smallest absolute Gasteiger partial charge is 0.142 e. The first-order chi connectivity index (χ1) is 10.2. The molecule has 1 heterocycles. The largest absolute Gasteiger partial charge is 0.491 e. The number of rotatable bonds is 3. The molecule has 2 aromatic carbocycles. The van der Waals surface area contributed by atoms with Crippen LogP contribution in [0.3, 0.4) is 0 Å². The Labute approximate surface area is 124 Å². The number of nitrogens with zero attached hydrogens (tertiary/aromatic N) is 1. The van der Waals surface area contributed by atoms with Crippen LogP contribution in [0.1, 0.15) is 17.5 Å². The van der Waals surface area contributed by atoms with Gasteiger partial charge in [-0.15, -0.1) is 0 Å². The van der Waals surface area contributed by atoms with Crippen molar-refractivity contribution < 1.29 is 4.74 Å². The van der Waals surface area contributed by atoms with Crippen molar-refractivity contribution in [3.63, 3.8) is 0 Å². The second kappa shape index (κ2) is 5.87. The Morgan fingerprint density at radius 3 is 2.90 bits per heavy atom. The van der Waals surface area contributed by atoms with Crippen LogP contribution >= 0.6 is 0 Å². The van der Waals surface area contributed by atoms with E-state index in [1.807, 2.05) is 36.4 Å². The fourth-order valence-corrected chi connectivity index (χ4v) is 2.62. The first kappa shape index (κ1) is 13.5. The van der Waals surface area contributed by atoms with Gasteiger partial charge in [0.05, 0.1) is 12.3 Å². The summed E-state index contributed by atoms with van der Waals surface area (Å²) in [5, 5.41) is 7.55. The molecule has 0 bridgehead atoms. The summed E-state index contributed by atoms with van der Waals surface area (Å²) in [6, 6.07) is 16.0. The predicted octanol–water partition coefficient (Wildman–Crippen LogP) is 2.76. The topological polar surface area (TPSA) is 62.3 Å². The third-order valence-electron chi connectivity index (χ3n) is 3.65. The van der Waals surface area contributed by atoms with Crippen molar-refractivity contribution in [2.45, 2.75) is 13.0 Å². The minimum atomic E-state index is 0.108. The van der Waals surface area contributed by atoms with Crippen molar-refractivity contribution >= 4 is 11.5 Å². The lowest BCUT2D eigenvalue weighted by atomic mass is 10.1. The van der Waals surface area contributed by atoms with Crippen molar-refractivity contribution in [3.8, 4) is 5.75 Å². The van der Waals surface area contributed by atoms with Crippen LogP contribution in [0.2, 0.25) is 0 Å². The molecule has 0 aromatic heterocycles. The van der Waals surface area contributed by atoms with Gasteiger partial charge >= 0.3 is 0 Å². The second-order valence-electron chi connectivity index (χ2n) is 5.21. The van der Waals surface area contributed by atoms with E-state index in [2.05, 4.69) is 17.0 Å². The Hall–Kier alpha value is -2.49. The molecule has 108 valence electrons. The van der Waals surface area contributed by atoms with Crippen LogP contribution in [0.25, 0.3) is 0 Å². The normalized spacial score (nSPS) is 14.0. The molecular weight excluding hydrogens is 262 g/mol. The van der Waals surface area contributed by atoms with Gasteiger partial charge in [0.1, 0.15) is 11.6 Å². The summed E-state index contributed by atoms with van der Waals surface area (Å²) < 4.78 is 5.78. The van der Waals surface area contributed by atoms with Crippen LogP contribution in [-0.4, -0.2) is 19.0 Å². The summed E-state index contributed by atoms with van der Waals surface area (Å²) in [5.74, 6) is 1.05. The highest BCUT2D eigenvalue weighted by Gasteiger charge is 2.16. The molecule has 0 atom stereocenters. The third-order valence-corrected chi connectivity index (χ3v) is 3.65. The number of para-hydroxylation sites is 2. The van der Waals surface area contributed by atoms with Gasteiger partial charge in [-0.25, -0.2) is 0 Å². The molecule has 0 fully saturated rings. The van der Waals surface area contributed by atoms with Gasteiger partial charge in [0.15, 0.2) is 0 Å². The molecule has 1 aliphatic heterocycles. The van der Waals surface area contributed by atoms with Crippen LogP contribution in [0, 0.1) is 5.41 Å². The van der Waals surface area contributed by atoms with E-state index < -0.39 is 0 Å². The number of nitrogens with two attached hydrogens (primary N) is 1. The van der Waals surface area contributed by atoms with Gasteiger partial charge < -0.3 is 15.4 Å². The summed E-state index contributed by atoms with van der Waals surface area (Å²) in [6.07, 6.45) is 1.00. The first-order valence-electron chi connectivity index (χ1n) is 7.14. The van der Waals surface area contributed by atoms with E-state index in [-0.39, 0.29) is 5.84 Å². The zero-order chi connectivity index (χ0) is 14.7. The van der Waals surface area contributed by atoms with Gasteiger partial charge in [0.25, 0.3) is 0 Å². The van der Waals surface area contributed by atoms with Crippen LogP contribution in [0.15, 0.2) is 48.5 Å². The highest BCUT2D eigenvalue weighted by atomic mass is 16.5. The fraction of sp³-hybridized carbons (Fsp3) is 0.235. The SMILES string of the molecule is N=C(N)c1cccc(CN2CCCOc3ccccc32)c1. The molecule has 0 amide bonds. The Balaban J connectivity index is 1.87. The van der Waals surface area contributed by atoms with E-state index in [1.165, 1.54) is 0 Å². The first-order valence-corrected chi connectivity index (χ1v) is 7.14. The van der Waals surface area contributed by atoms with Gasteiger partial charge in [0.2, 0.25) is 0 Å². The summed E-state index contributed by atoms with van der Waals surface area (Å²) in [7, 11) is 0. The van der Waals surface area contributed by atoms with Gasteiger partial charge in [-0.3, -0.25) is 5.41 Å². The number of anilines is 1. The van der Waals surface area contributed by atoms with E-state index in [9.17, 15) is 0 Å². The maximum atomic E-state index is 7.55. The van der Waals surface area contributed by atoms with Crippen LogP contribution < -0.4 is 15.4 Å². The van der Waals surface area contributed by atoms with Gasteiger partial charge in [0, 0.05) is 18.7 Å². The van der Waals surface area contributed by atoms with Crippen molar-refractivity contribution in [2.75, 3.05) is 18.1 Å². The summed E-state index contributed by atoms with van der Waals surface area (Å²) in [5.41, 5.74) is 8.62. The quantitative estimate of drug-likeness (QED) is 0.671. The van der Waals surface area contributed by atoms with Crippen molar-refractivity contribution in [2.24, 2.45) is 5.73 Å². The minimum absolute atomic E-state index is 0.108. The summed E-state index contributed by atoms with van der Waals surface area (Å²) >= 11 is 0. The molecule has 0 unspecified atom stereocenters. The standard InChI is InChI=1S/C17H19N3O/c18-17(19)14-6-3-5-13(11-14)12-20-9-4-10-21-16-8-2-1-7-15(16)20/h1-3,5-8,11H,4,9-10,12H2,(H3,18,19). The van der Waals surface area contributed by atoms with Crippen molar-refractivity contribution in [3.05, 3.63) is 59.7 Å². The molecular formula is C17H19N3O. The lowest BCUT2D eigenvalue weighted by Crippen LogP contribution is -2.23.